The molecule has 3 unspecified atom stereocenters. The number of amides is 1. The molecule has 11 nitrogen and oxygen atoms in total. The van der Waals surface area contributed by atoms with E-state index in [1.807, 2.05) is 6.07 Å². The number of hydrogen-bond donors (Lipinski definition) is 4. The summed E-state index contributed by atoms with van der Waals surface area (Å²) in [5.41, 5.74) is 0.464. The molecule has 0 aliphatic heterocycles. The maximum Gasteiger partial charge on any atom is 0.311 e. The van der Waals surface area contributed by atoms with Gasteiger partial charge in [-0.2, -0.15) is 10.2 Å². The van der Waals surface area contributed by atoms with Gasteiger partial charge < -0.3 is 25.1 Å². The molecule has 32 heavy (non-hydrogen) atoms. The number of hydrogen-bond acceptors (Lipinski definition) is 9. The molecule has 4 N–H and O–H groups in total. The molecule has 2 rings (SSSR count). The summed E-state index contributed by atoms with van der Waals surface area (Å²) in [5, 5.41) is 41.7. The lowest BCUT2D eigenvalue weighted by atomic mass is 9.95. The largest absolute Gasteiger partial charge is 0.508 e. The molecule has 0 spiro atoms. The number of phenols is 1. The minimum atomic E-state index is -3.64. The van der Waals surface area contributed by atoms with E-state index in [0.717, 1.165) is 16.8 Å². The fourth-order valence-corrected chi connectivity index (χ4v) is 3.24. The number of aliphatic hydroxyl groups is 2. The van der Waals surface area contributed by atoms with E-state index >= 15 is 0 Å². The van der Waals surface area contributed by atoms with Gasteiger partial charge in [-0.15, -0.1) is 0 Å². The molecular weight excluding hydrogens is 440 g/mol. The molecule has 0 aliphatic carbocycles. The smallest absolute Gasteiger partial charge is 0.311 e. The second kappa shape index (κ2) is 10.9. The van der Waals surface area contributed by atoms with Crippen LogP contribution in [0.5, 0.6) is 5.75 Å². The first kappa shape index (κ1) is 25.1. The van der Waals surface area contributed by atoms with E-state index in [4.69, 9.17) is 9.68 Å². The Morgan fingerprint density at radius 2 is 1.97 bits per heavy atom. The first-order valence-electron chi connectivity index (χ1n) is 9.74. The summed E-state index contributed by atoms with van der Waals surface area (Å²) in [4.78, 5) is 16.6. The van der Waals surface area contributed by atoms with Gasteiger partial charge in [0.1, 0.15) is 18.1 Å². The minimum Gasteiger partial charge on any atom is -0.508 e. The van der Waals surface area contributed by atoms with E-state index < -0.39 is 34.2 Å². The van der Waals surface area contributed by atoms with Gasteiger partial charge in [-0.3, -0.25) is 4.79 Å². The third-order valence-electron chi connectivity index (χ3n) is 4.79. The Kier molecular flexibility index (Phi) is 8.59. The van der Waals surface area contributed by atoms with E-state index in [9.17, 15) is 28.5 Å². The van der Waals surface area contributed by atoms with Crippen LogP contribution in [0.3, 0.4) is 0 Å². The summed E-state index contributed by atoms with van der Waals surface area (Å²) in [5.74, 6) is -0.689. The van der Waals surface area contributed by atoms with Gasteiger partial charge in [-0.1, -0.05) is 12.1 Å². The number of phenolic OH excluding ortho intramolecular Hbond substituents is 1. The molecule has 2 aromatic rings. The summed E-state index contributed by atoms with van der Waals surface area (Å²) in [6.45, 7) is 0. The number of nitrogens with one attached hydrogen (secondary N) is 1. The molecule has 0 aliphatic rings. The van der Waals surface area contributed by atoms with Gasteiger partial charge in [0.05, 0.1) is 24.5 Å². The van der Waals surface area contributed by atoms with Crippen LogP contribution in [0.2, 0.25) is 0 Å². The lowest BCUT2D eigenvalue weighted by Crippen LogP contribution is -2.49. The maximum atomic E-state index is 12.7. The van der Waals surface area contributed by atoms with Crippen molar-refractivity contribution in [1.82, 2.24) is 10.3 Å². The molecule has 1 heterocycles. The zero-order chi connectivity index (χ0) is 23.9. The number of oxazole rings is 1. The number of aliphatic hydroxyl groups excluding tert-OH is 2. The van der Waals surface area contributed by atoms with Gasteiger partial charge in [0.25, 0.3) is 5.91 Å². The molecule has 1 aromatic carbocycles. The van der Waals surface area contributed by atoms with Crippen LogP contribution in [0.25, 0.3) is 0 Å². The Hall–Kier alpha value is -3.14. The monoisotopic (exact) mass is 466 g/mol. The molecule has 174 valence electrons. The van der Waals surface area contributed by atoms with Crippen LogP contribution in [0.4, 0.5) is 6.01 Å². The second-order valence-corrected chi connectivity index (χ2v) is 9.32. The Morgan fingerprint density at radius 1 is 1.31 bits per heavy atom. The van der Waals surface area contributed by atoms with Crippen LogP contribution < -0.4 is 9.62 Å². The van der Waals surface area contributed by atoms with Crippen molar-refractivity contribution in [2.24, 2.45) is 0 Å². The zero-order valence-electron chi connectivity index (χ0n) is 17.7. The lowest BCUT2D eigenvalue weighted by Gasteiger charge is -2.27. The van der Waals surface area contributed by atoms with Crippen molar-refractivity contribution in [3.8, 4) is 11.8 Å². The number of anilines is 1. The van der Waals surface area contributed by atoms with Crippen molar-refractivity contribution < 1.29 is 32.9 Å². The molecule has 0 bridgehead atoms. The summed E-state index contributed by atoms with van der Waals surface area (Å²) < 4.78 is 29.1. The average Bonchev–Trinajstić information content (AvgIpc) is 3.23. The van der Waals surface area contributed by atoms with Crippen molar-refractivity contribution in [3.05, 3.63) is 41.8 Å². The normalized spacial score (nSPS) is 14.2. The van der Waals surface area contributed by atoms with Gasteiger partial charge in [0, 0.05) is 13.5 Å². The number of aromatic nitrogens is 1. The standard InChI is InChI=1S/C20H26N4O7S/c1-24(32(2,29)30)20-23-16(12-31-20)19(28)22-15(11-13-6-8-14(25)9-7-13)18(27)17(26)5-3-4-10-21/h6-9,12,15,17-18,25-27H,3-5,11H2,1-2H3,(H,22,28). The topological polar surface area (TPSA) is 177 Å². The SMILES string of the molecule is CN(c1nc(C(=O)NC(Cc2ccc(O)cc2)C(O)C(O)CCCC#N)co1)S(C)(=O)=O. The highest BCUT2D eigenvalue weighted by molar-refractivity contribution is 7.92. The van der Waals surface area contributed by atoms with Crippen LogP contribution in [0.15, 0.2) is 34.9 Å². The molecule has 0 radical (unpaired) electrons. The first-order chi connectivity index (χ1) is 15.0. The van der Waals surface area contributed by atoms with E-state index in [1.54, 1.807) is 12.1 Å². The van der Waals surface area contributed by atoms with Crippen molar-refractivity contribution in [1.29, 1.82) is 5.26 Å². The average molecular weight is 467 g/mol. The van der Waals surface area contributed by atoms with E-state index in [1.165, 1.54) is 19.2 Å². The van der Waals surface area contributed by atoms with E-state index in [-0.39, 0.29) is 36.7 Å². The fourth-order valence-electron chi connectivity index (χ4n) is 2.87. The fraction of sp³-hybridized carbons (Fsp3) is 0.450. The molecule has 12 heteroatoms. The van der Waals surface area contributed by atoms with Gasteiger partial charge in [-0.25, -0.2) is 12.7 Å². The van der Waals surface area contributed by atoms with Crippen molar-refractivity contribution >= 4 is 21.9 Å². The van der Waals surface area contributed by atoms with Crippen molar-refractivity contribution in [3.63, 3.8) is 0 Å². The minimum absolute atomic E-state index is 0.0524. The lowest BCUT2D eigenvalue weighted by molar-refractivity contribution is -0.00792. The van der Waals surface area contributed by atoms with Crippen LogP contribution >= 0.6 is 0 Å². The van der Waals surface area contributed by atoms with Crippen molar-refractivity contribution in [2.75, 3.05) is 17.6 Å². The molecule has 3 atom stereocenters. The first-order valence-corrected chi connectivity index (χ1v) is 11.6. The Morgan fingerprint density at radius 3 is 2.56 bits per heavy atom. The molecular formula is C20H26N4O7S. The summed E-state index contributed by atoms with van der Waals surface area (Å²) in [6, 6.07) is 6.84. The molecule has 0 saturated carbocycles. The highest BCUT2D eigenvalue weighted by Gasteiger charge is 2.29. The van der Waals surface area contributed by atoms with Crippen LogP contribution in [0.1, 0.15) is 35.3 Å². The molecule has 1 aromatic heterocycles. The number of rotatable bonds is 11. The van der Waals surface area contributed by atoms with Gasteiger partial charge in [0.15, 0.2) is 5.69 Å². The highest BCUT2D eigenvalue weighted by Crippen LogP contribution is 2.18. The molecule has 0 saturated heterocycles. The number of nitrogens with zero attached hydrogens (tertiary/aromatic N) is 3. The Bertz CT molecular complexity index is 1050. The van der Waals surface area contributed by atoms with Crippen LogP contribution in [-0.4, -0.2) is 66.2 Å². The van der Waals surface area contributed by atoms with E-state index in [0.29, 0.717) is 12.0 Å². The van der Waals surface area contributed by atoms with Crippen LogP contribution in [-0.2, 0) is 16.4 Å². The zero-order valence-corrected chi connectivity index (χ0v) is 18.5. The number of carbonyl (C=O) groups excluding carboxylic acids is 1. The third-order valence-corrected chi connectivity index (χ3v) is 5.95. The summed E-state index contributed by atoms with van der Waals surface area (Å²) in [6.07, 6.45) is 0.244. The quantitative estimate of drug-likeness (QED) is 0.344. The number of aromatic hydroxyl groups is 1. The van der Waals surface area contributed by atoms with Gasteiger partial charge in [-0.05, 0) is 37.0 Å². The van der Waals surface area contributed by atoms with E-state index in [2.05, 4.69) is 10.3 Å². The van der Waals surface area contributed by atoms with Crippen molar-refractivity contribution in [2.45, 2.75) is 43.9 Å². The molecule has 0 fully saturated rings. The highest BCUT2D eigenvalue weighted by atomic mass is 32.2. The number of carbonyl (C=O) groups is 1. The number of benzene rings is 1. The van der Waals surface area contributed by atoms with Gasteiger partial charge >= 0.3 is 6.01 Å². The number of unbranched alkanes of at least 4 members (excludes halogenated alkanes) is 1. The number of sulfonamides is 1. The predicted octanol–water partition coefficient (Wildman–Crippen LogP) is 0.533. The summed E-state index contributed by atoms with van der Waals surface area (Å²) in [7, 11) is -2.42. The summed E-state index contributed by atoms with van der Waals surface area (Å²) >= 11 is 0. The van der Waals surface area contributed by atoms with Crippen LogP contribution in [0, 0.1) is 11.3 Å². The Labute approximate surface area is 186 Å². The molecule has 1 amide bonds. The maximum absolute atomic E-state index is 12.7. The third kappa shape index (κ3) is 6.94. The van der Waals surface area contributed by atoms with Gasteiger partial charge in [0.2, 0.25) is 10.0 Å². The number of nitriles is 1. The Balaban J connectivity index is 2.19. The predicted molar refractivity (Wildman–Crippen MR) is 114 cm³/mol. The second-order valence-electron chi connectivity index (χ2n) is 7.30.